The molecule has 3 saturated heterocycles. The molecule has 0 radical (unpaired) electrons. The lowest BCUT2D eigenvalue weighted by Crippen LogP contribution is -2.61. The monoisotopic (exact) mass is 567 g/mol. The maximum Gasteiger partial charge on any atom is 0.245 e. The minimum atomic E-state index is -0.764. The maximum absolute atomic E-state index is 13.9. The maximum atomic E-state index is 13.9. The fraction of sp³-hybridized carbons (Fsp3) is 0.481. The summed E-state index contributed by atoms with van der Waals surface area (Å²) in [6, 6.07) is 9.81. The van der Waals surface area contributed by atoms with Crippen LogP contribution in [-0.4, -0.2) is 60.4 Å². The molecule has 5 nitrogen and oxygen atoms in total. The highest BCUT2D eigenvalue weighted by molar-refractivity contribution is 6.35. The second kappa shape index (κ2) is 10.3. The number of hydrogen-bond acceptors (Lipinski definition) is 3. The Labute approximate surface area is 232 Å². The molecule has 1 aliphatic carbocycles. The molecule has 2 bridgehead atoms. The number of carbonyl (C=O) groups is 2. The molecule has 2 unspecified atom stereocenters. The zero-order chi connectivity index (χ0) is 25.6. The second-order valence-corrected chi connectivity index (χ2v) is 12.0. The third kappa shape index (κ3) is 5.10. The van der Waals surface area contributed by atoms with Gasteiger partial charge in [0.25, 0.3) is 0 Å². The Morgan fingerprint density at radius 2 is 1.67 bits per heavy atom. The van der Waals surface area contributed by atoms with Crippen molar-refractivity contribution < 1.29 is 9.59 Å². The van der Waals surface area contributed by atoms with Gasteiger partial charge in [0.05, 0.1) is 5.41 Å². The number of benzene rings is 2. The van der Waals surface area contributed by atoms with Crippen molar-refractivity contribution in [2.45, 2.75) is 49.6 Å². The van der Waals surface area contributed by atoms with Gasteiger partial charge >= 0.3 is 0 Å². The van der Waals surface area contributed by atoms with Crippen LogP contribution in [0, 0.1) is 5.92 Å². The van der Waals surface area contributed by atoms with Crippen LogP contribution >= 0.6 is 46.4 Å². The molecule has 2 amide bonds. The molecule has 2 aromatic carbocycles. The highest BCUT2D eigenvalue weighted by atomic mass is 35.5. The van der Waals surface area contributed by atoms with Crippen molar-refractivity contribution in [3.8, 4) is 0 Å². The van der Waals surface area contributed by atoms with Crippen LogP contribution < -0.4 is 5.32 Å². The first-order valence-electron chi connectivity index (χ1n) is 12.4. The number of carbonyl (C=O) groups excluding carboxylic acids is 2. The van der Waals surface area contributed by atoms with Gasteiger partial charge in [-0.2, -0.15) is 0 Å². The molecule has 6 rings (SSSR count). The van der Waals surface area contributed by atoms with Crippen LogP contribution in [0.3, 0.4) is 0 Å². The molecule has 3 aliphatic heterocycles. The average Bonchev–Trinajstić information content (AvgIpc) is 3.66. The summed E-state index contributed by atoms with van der Waals surface area (Å²) in [5.74, 6) is 0.186. The number of nitrogens with one attached hydrogen (secondary N) is 1. The SMILES string of the molecule is CN(C(=O)C(Cc1ccc(Cl)cc1Cl)NC(=O)C1(c2ccc(Cl)cc2Cl)CC1)C1CN2CCC1CC2. The van der Waals surface area contributed by atoms with Gasteiger partial charge < -0.3 is 15.1 Å². The number of fused-ring (bicyclic) bond motifs is 3. The van der Waals surface area contributed by atoms with Gasteiger partial charge in [-0.3, -0.25) is 9.59 Å². The van der Waals surface area contributed by atoms with E-state index in [9.17, 15) is 9.59 Å². The fourth-order valence-electron chi connectivity index (χ4n) is 5.81. The van der Waals surface area contributed by atoms with E-state index in [0.29, 0.717) is 38.9 Å². The van der Waals surface area contributed by atoms with Crippen molar-refractivity contribution in [3.05, 3.63) is 67.6 Å². The van der Waals surface area contributed by atoms with E-state index in [1.807, 2.05) is 24.1 Å². The van der Waals surface area contributed by atoms with Crippen LogP contribution in [0.15, 0.2) is 36.4 Å². The van der Waals surface area contributed by atoms with Crippen molar-refractivity contribution >= 4 is 58.2 Å². The fourth-order valence-corrected chi connectivity index (χ4v) is 6.88. The third-order valence-electron chi connectivity index (χ3n) is 8.14. The lowest BCUT2D eigenvalue weighted by atomic mass is 9.83. The van der Waals surface area contributed by atoms with E-state index in [2.05, 4.69) is 10.2 Å². The van der Waals surface area contributed by atoms with Crippen LogP contribution in [0.4, 0.5) is 0 Å². The summed E-state index contributed by atoms with van der Waals surface area (Å²) in [5, 5.41) is 5.06. The van der Waals surface area contributed by atoms with Crippen LogP contribution in [0.5, 0.6) is 0 Å². The van der Waals surface area contributed by atoms with Gasteiger partial charge in [-0.1, -0.05) is 58.5 Å². The Balaban J connectivity index is 1.40. The van der Waals surface area contributed by atoms with E-state index in [1.165, 1.54) is 0 Å². The molecular weight excluding hydrogens is 540 g/mol. The van der Waals surface area contributed by atoms with E-state index < -0.39 is 11.5 Å². The first kappa shape index (κ1) is 26.1. The van der Waals surface area contributed by atoms with Crippen molar-refractivity contribution in [1.29, 1.82) is 0 Å². The van der Waals surface area contributed by atoms with Gasteiger partial charge in [-0.15, -0.1) is 0 Å². The predicted molar refractivity (Wildman–Crippen MR) is 145 cm³/mol. The first-order chi connectivity index (χ1) is 17.2. The molecule has 4 fully saturated rings. The first-order valence-corrected chi connectivity index (χ1v) is 13.9. The van der Waals surface area contributed by atoms with Gasteiger partial charge in [0.2, 0.25) is 11.8 Å². The van der Waals surface area contributed by atoms with Crippen molar-refractivity contribution in [2.24, 2.45) is 5.92 Å². The number of rotatable bonds is 7. The number of likely N-dealkylation sites (N-methyl/N-ethyl adjacent to an activating group) is 1. The summed E-state index contributed by atoms with van der Waals surface area (Å²) >= 11 is 25.1. The van der Waals surface area contributed by atoms with Gasteiger partial charge in [0.1, 0.15) is 6.04 Å². The molecule has 2 aromatic rings. The molecule has 1 saturated carbocycles. The Morgan fingerprint density at radius 3 is 2.22 bits per heavy atom. The normalized spacial score (nSPS) is 24.8. The largest absolute Gasteiger partial charge is 0.343 e. The zero-order valence-corrected chi connectivity index (χ0v) is 23.1. The van der Waals surface area contributed by atoms with Crippen molar-refractivity contribution in [1.82, 2.24) is 15.1 Å². The molecule has 36 heavy (non-hydrogen) atoms. The lowest BCUT2D eigenvalue weighted by molar-refractivity contribution is -0.140. The van der Waals surface area contributed by atoms with Gasteiger partial charge in [0.15, 0.2) is 0 Å². The average molecular weight is 569 g/mol. The Kier molecular flexibility index (Phi) is 7.50. The van der Waals surface area contributed by atoms with Gasteiger partial charge in [-0.05, 0) is 80.1 Å². The Hall–Kier alpha value is -1.50. The summed E-state index contributed by atoms with van der Waals surface area (Å²) < 4.78 is 0. The summed E-state index contributed by atoms with van der Waals surface area (Å²) in [6.45, 7) is 3.06. The smallest absolute Gasteiger partial charge is 0.245 e. The quantitative estimate of drug-likeness (QED) is 0.472. The highest BCUT2D eigenvalue weighted by Crippen LogP contribution is 2.51. The van der Waals surface area contributed by atoms with Crippen LogP contribution in [0.2, 0.25) is 20.1 Å². The number of halogens is 4. The predicted octanol–water partition coefficient (Wildman–Crippen LogP) is 5.61. The van der Waals surface area contributed by atoms with Gasteiger partial charge in [0, 0.05) is 46.1 Å². The molecule has 3 heterocycles. The lowest BCUT2D eigenvalue weighted by Gasteiger charge is -2.48. The summed E-state index contributed by atoms with van der Waals surface area (Å²) in [4.78, 5) is 31.9. The molecule has 9 heteroatoms. The van der Waals surface area contributed by atoms with E-state index in [4.69, 9.17) is 46.4 Å². The van der Waals surface area contributed by atoms with Crippen molar-refractivity contribution in [3.63, 3.8) is 0 Å². The number of amides is 2. The van der Waals surface area contributed by atoms with E-state index in [-0.39, 0.29) is 24.3 Å². The molecule has 1 N–H and O–H groups in total. The molecule has 0 spiro atoms. The third-order valence-corrected chi connectivity index (χ3v) is 9.28. The standard InChI is InChI=1S/C27H29Cl4N3O2/c1-33(24-15-34-10-6-16(24)7-11-34)25(35)23(12-17-2-3-18(28)13-21(17)30)32-26(36)27(8-9-27)20-5-4-19(29)14-22(20)31/h2-5,13-14,16,23-24H,6-12,15H2,1H3,(H,32,36). The number of nitrogens with zero attached hydrogens (tertiary/aromatic N) is 2. The number of hydrogen-bond donors (Lipinski definition) is 1. The molecular formula is C27H29Cl4N3O2. The Morgan fingerprint density at radius 1 is 1.03 bits per heavy atom. The summed E-state index contributed by atoms with van der Waals surface area (Å²) in [5.41, 5.74) is 0.752. The van der Waals surface area contributed by atoms with E-state index in [1.54, 1.807) is 24.3 Å². The minimum Gasteiger partial charge on any atom is -0.343 e. The van der Waals surface area contributed by atoms with Crippen molar-refractivity contribution in [2.75, 3.05) is 26.7 Å². The highest BCUT2D eigenvalue weighted by Gasteiger charge is 2.53. The second-order valence-electron chi connectivity index (χ2n) is 10.3. The Bertz CT molecular complexity index is 1180. The van der Waals surface area contributed by atoms with E-state index >= 15 is 0 Å². The number of piperidine rings is 3. The molecule has 4 aliphatic rings. The van der Waals surface area contributed by atoms with Crippen LogP contribution in [0.25, 0.3) is 0 Å². The zero-order valence-electron chi connectivity index (χ0n) is 20.1. The van der Waals surface area contributed by atoms with E-state index in [0.717, 1.165) is 43.6 Å². The van der Waals surface area contributed by atoms with Crippen LogP contribution in [-0.2, 0) is 21.4 Å². The molecule has 0 aromatic heterocycles. The molecule has 192 valence electrons. The summed E-state index contributed by atoms with van der Waals surface area (Å²) in [7, 11) is 1.86. The topological polar surface area (TPSA) is 52.7 Å². The summed E-state index contributed by atoms with van der Waals surface area (Å²) in [6.07, 6.45) is 3.80. The van der Waals surface area contributed by atoms with Gasteiger partial charge in [-0.25, -0.2) is 0 Å². The minimum absolute atomic E-state index is 0.105. The van der Waals surface area contributed by atoms with Crippen LogP contribution in [0.1, 0.15) is 36.8 Å². The molecule has 2 atom stereocenters.